The molecule has 0 spiro atoms. The lowest BCUT2D eigenvalue weighted by Crippen LogP contribution is -2.20. The maximum atomic E-state index is 12.2. The first kappa shape index (κ1) is 13.7. The molecule has 0 aromatic heterocycles. The number of alkyl halides is 3. The average Bonchev–Trinajstić information content (AvgIpc) is 2.06. The molecule has 0 fully saturated rings. The average molecular weight is 247 g/mol. The molecule has 2 nitrogen and oxygen atoms in total. The van der Waals surface area contributed by atoms with Gasteiger partial charge in [0, 0.05) is 0 Å². The van der Waals surface area contributed by atoms with Crippen LogP contribution in [-0.2, 0) is 5.41 Å². The monoisotopic (exact) mass is 247 g/mol. The number of hydrogen-bond acceptors (Lipinski definition) is 2. The Labute approximate surface area is 98.6 Å². The van der Waals surface area contributed by atoms with Gasteiger partial charge in [-0.1, -0.05) is 26.8 Å². The van der Waals surface area contributed by atoms with Crippen LogP contribution in [0.1, 0.15) is 31.9 Å². The van der Waals surface area contributed by atoms with Crippen LogP contribution < -0.4 is 10.5 Å². The van der Waals surface area contributed by atoms with Crippen LogP contribution in [0.5, 0.6) is 5.75 Å². The Morgan fingerprint density at radius 3 is 2.06 bits per heavy atom. The van der Waals surface area contributed by atoms with E-state index in [0.717, 1.165) is 0 Å². The van der Waals surface area contributed by atoms with Gasteiger partial charge in [-0.2, -0.15) is 0 Å². The molecule has 0 unspecified atom stereocenters. The van der Waals surface area contributed by atoms with Gasteiger partial charge >= 0.3 is 6.36 Å². The molecule has 0 bridgehead atoms. The molecule has 2 N–H and O–H groups in total. The molecule has 96 valence electrons. The molecule has 0 saturated heterocycles. The molecule has 17 heavy (non-hydrogen) atoms. The number of hydrogen-bond donors (Lipinski definition) is 1. The first-order valence-electron chi connectivity index (χ1n) is 5.17. The van der Waals surface area contributed by atoms with Crippen LogP contribution in [0.15, 0.2) is 12.1 Å². The highest BCUT2D eigenvalue weighted by atomic mass is 19.4. The fraction of sp³-hybridized carbons (Fsp3) is 0.500. The van der Waals surface area contributed by atoms with Gasteiger partial charge in [0.2, 0.25) is 0 Å². The summed E-state index contributed by atoms with van der Waals surface area (Å²) in [7, 11) is 0. The molecule has 0 amide bonds. The van der Waals surface area contributed by atoms with Crippen LogP contribution in [0.4, 0.5) is 18.9 Å². The van der Waals surface area contributed by atoms with Crippen LogP contribution in [0, 0.1) is 6.92 Å². The summed E-state index contributed by atoms with van der Waals surface area (Å²) in [5.74, 6) is -0.331. The number of rotatable bonds is 1. The molecule has 0 radical (unpaired) electrons. The molecule has 0 atom stereocenters. The molecule has 1 aromatic carbocycles. The lowest BCUT2D eigenvalue weighted by Gasteiger charge is -2.24. The second-order valence-electron chi connectivity index (χ2n) is 5.02. The minimum Gasteiger partial charge on any atom is -0.404 e. The minimum absolute atomic E-state index is 0.0421. The molecule has 0 aliphatic heterocycles. The van der Waals surface area contributed by atoms with E-state index in [4.69, 9.17) is 5.73 Å². The van der Waals surface area contributed by atoms with Crippen molar-refractivity contribution in [2.75, 3.05) is 5.73 Å². The topological polar surface area (TPSA) is 35.2 Å². The number of anilines is 1. The molecule has 1 rings (SSSR count). The van der Waals surface area contributed by atoms with E-state index in [0.29, 0.717) is 11.1 Å². The van der Waals surface area contributed by atoms with Crippen LogP contribution in [-0.4, -0.2) is 6.36 Å². The Morgan fingerprint density at radius 1 is 1.12 bits per heavy atom. The minimum atomic E-state index is -4.73. The van der Waals surface area contributed by atoms with E-state index in [1.807, 2.05) is 20.8 Å². The summed E-state index contributed by atoms with van der Waals surface area (Å²) < 4.78 is 40.5. The van der Waals surface area contributed by atoms with Crippen LogP contribution in [0.3, 0.4) is 0 Å². The fourth-order valence-corrected chi connectivity index (χ4v) is 1.59. The van der Waals surface area contributed by atoms with Gasteiger partial charge in [0.05, 0.1) is 5.69 Å². The van der Waals surface area contributed by atoms with Gasteiger partial charge in [0.1, 0.15) is 0 Å². The van der Waals surface area contributed by atoms with Gasteiger partial charge in [0.15, 0.2) is 5.75 Å². The molecule has 0 saturated carbocycles. The fourth-order valence-electron chi connectivity index (χ4n) is 1.59. The number of nitrogen functional groups attached to an aromatic ring is 1. The number of benzene rings is 1. The van der Waals surface area contributed by atoms with E-state index in [2.05, 4.69) is 4.74 Å². The highest BCUT2D eigenvalue weighted by Crippen LogP contribution is 2.37. The number of ether oxygens (including phenoxy) is 1. The number of halogens is 3. The van der Waals surface area contributed by atoms with Crippen molar-refractivity contribution in [1.29, 1.82) is 0 Å². The van der Waals surface area contributed by atoms with E-state index >= 15 is 0 Å². The zero-order valence-corrected chi connectivity index (χ0v) is 10.3. The van der Waals surface area contributed by atoms with Gasteiger partial charge in [0.25, 0.3) is 0 Å². The largest absolute Gasteiger partial charge is 0.573 e. The van der Waals surface area contributed by atoms with Gasteiger partial charge in [-0.3, -0.25) is 0 Å². The van der Waals surface area contributed by atoms with Crippen molar-refractivity contribution in [3.05, 3.63) is 23.3 Å². The van der Waals surface area contributed by atoms with Gasteiger partial charge in [-0.25, -0.2) is 0 Å². The van der Waals surface area contributed by atoms with Crippen molar-refractivity contribution in [1.82, 2.24) is 0 Å². The van der Waals surface area contributed by atoms with E-state index in [9.17, 15) is 13.2 Å². The normalized spacial score (nSPS) is 12.6. The zero-order valence-electron chi connectivity index (χ0n) is 10.3. The predicted molar refractivity (Wildman–Crippen MR) is 61.0 cm³/mol. The quantitative estimate of drug-likeness (QED) is 0.766. The summed E-state index contributed by atoms with van der Waals surface area (Å²) in [6.07, 6.45) is -4.73. The summed E-state index contributed by atoms with van der Waals surface area (Å²) in [5, 5.41) is 0. The van der Waals surface area contributed by atoms with Crippen molar-refractivity contribution >= 4 is 5.69 Å². The Morgan fingerprint density at radius 2 is 1.65 bits per heavy atom. The third-order valence-electron chi connectivity index (χ3n) is 2.32. The third kappa shape index (κ3) is 3.54. The van der Waals surface area contributed by atoms with Gasteiger partial charge < -0.3 is 10.5 Å². The number of nitrogens with two attached hydrogens (primary N) is 1. The highest BCUT2D eigenvalue weighted by Gasteiger charge is 2.33. The smallest absolute Gasteiger partial charge is 0.404 e. The molecule has 1 aromatic rings. The van der Waals surface area contributed by atoms with Crippen LogP contribution in [0.2, 0.25) is 0 Å². The highest BCUT2D eigenvalue weighted by molar-refractivity contribution is 5.62. The molecular weight excluding hydrogens is 231 g/mol. The summed E-state index contributed by atoms with van der Waals surface area (Å²) in [5.41, 5.74) is 6.76. The Kier molecular flexibility index (Phi) is 3.32. The van der Waals surface area contributed by atoms with E-state index in [1.165, 1.54) is 6.07 Å². The van der Waals surface area contributed by atoms with E-state index in [1.54, 1.807) is 13.0 Å². The van der Waals surface area contributed by atoms with E-state index < -0.39 is 6.36 Å². The molecule has 5 heteroatoms. The summed E-state index contributed by atoms with van der Waals surface area (Å²) in [6.45, 7) is 7.36. The first-order chi connectivity index (χ1) is 7.50. The van der Waals surface area contributed by atoms with Crippen molar-refractivity contribution in [2.45, 2.75) is 39.5 Å². The molecule has 0 aliphatic rings. The lowest BCUT2D eigenvalue weighted by molar-refractivity contribution is -0.274. The van der Waals surface area contributed by atoms with Crippen molar-refractivity contribution < 1.29 is 17.9 Å². The maximum Gasteiger partial charge on any atom is 0.573 e. The first-order valence-corrected chi connectivity index (χ1v) is 5.17. The second kappa shape index (κ2) is 4.13. The summed E-state index contributed by atoms with van der Waals surface area (Å²) in [6, 6.07) is 3.07. The lowest BCUT2D eigenvalue weighted by atomic mass is 9.85. The molecular formula is C12H16F3NO. The Bertz CT molecular complexity index is 419. The van der Waals surface area contributed by atoms with Crippen molar-refractivity contribution in [3.8, 4) is 5.75 Å². The second-order valence-corrected chi connectivity index (χ2v) is 5.02. The third-order valence-corrected chi connectivity index (χ3v) is 2.32. The van der Waals surface area contributed by atoms with Crippen molar-refractivity contribution in [3.63, 3.8) is 0 Å². The van der Waals surface area contributed by atoms with E-state index in [-0.39, 0.29) is 16.9 Å². The Balaban J connectivity index is 3.29. The zero-order chi connectivity index (χ0) is 13.4. The van der Waals surface area contributed by atoms with Gasteiger partial charge in [-0.05, 0) is 29.5 Å². The summed E-state index contributed by atoms with van der Waals surface area (Å²) in [4.78, 5) is 0. The molecule has 0 aliphatic carbocycles. The van der Waals surface area contributed by atoms with Crippen LogP contribution in [0.25, 0.3) is 0 Å². The number of aryl methyl sites for hydroxylation is 1. The predicted octanol–water partition coefficient (Wildman–Crippen LogP) is 3.77. The SMILES string of the molecule is Cc1cc(OC(F)(F)F)c(N)c(C(C)(C)C)c1. The Hall–Kier alpha value is -1.39. The van der Waals surface area contributed by atoms with Crippen LogP contribution >= 0.6 is 0 Å². The van der Waals surface area contributed by atoms with Gasteiger partial charge in [-0.15, -0.1) is 13.2 Å². The standard InChI is InChI=1S/C12H16F3NO/c1-7-5-8(11(2,3)4)10(16)9(6-7)17-12(13,14)15/h5-6H,16H2,1-4H3. The molecule has 0 heterocycles. The summed E-state index contributed by atoms with van der Waals surface area (Å²) >= 11 is 0. The maximum absolute atomic E-state index is 12.2. The van der Waals surface area contributed by atoms with Crippen molar-refractivity contribution in [2.24, 2.45) is 0 Å².